The molecule has 5 rings (SSSR count). The highest BCUT2D eigenvalue weighted by Gasteiger charge is 2.23. The van der Waals surface area contributed by atoms with Crippen molar-refractivity contribution in [3.63, 3.8) is 0 Å². The van der Waals surface area contributed by atoms with Gasteiger partial charge in [0.15, 0.2) is 5.82 Å². The maximum atomic E-state index is 12.2. The van der Waals surface area contributed by atoms with Gasteiger partial charge in [0.05, 0.1) is 11.0 Å². The zero-order valence-corrected chi connectivity index (χ0v) is 23.4. The van der Waals surface area contributed by atoms with E-state index in [-0.39, 0.29) is 23.6 Å². The molecule has 212 valence electrons. The maximum Gasteiger partial charge on any atom is 0.253 e. The highest BCUT2D eigenvalue weighted by Crippen LogP contribution is 2.30. The fourth-order valence-corrected chi connectivity index (χ4v) is 5.51. The van der Waals surface area contributed by atoms with Gasteiger partial charge in [0.1, 0.15) is 11.3 Å². The number of benzene rings is 2. The Balaban J connectivity index is 1.29. The summed E-state index contributed by atoms with van der Waals surface area (Å²) in [4.78, 5) is 46.4. The minimum absolute atomic E-state index is 0.281. The van der Waals surface area contributed by atoms with Gasteiger partial charge in [-0.05, 0) is 42.9 Å². The summed E-state index contributed by atoms with van der Waals surface area (Å²) in [6.45, 7) is 3.17. The molecule has 4 N–H and O–H groups in total. The van der Waals surface area contributed by atoms with Crippen LogP contribution in [-0.2, 0) is 33.8 Å². The highest BCUT2D eigenvalue weighted by atomic mass is 16.2. The van der Waals surface area contributed by atoms with E-state index in [0.29, 0.717) is 44.6 Å². The molecule has 0 saturated heterocycles. The number of aryl methyl sites for hydroxylation is 1. The molecule has 1 aliphatic heterocycles. The van der Waals surface area contributed by atoms with Crippen LogP contribution >= 0.6 is 0 Å². The Morgan fingerprint density at radius 1 is 0.927 bits per heavy atom. The van der Waals surface area contributed by atoms with Gasteiger partial charge in [-0.15, -0.1) is 0 Å². The largest absolute Gasteiger partial charge is 0.382 e. The number of hydrogen-bond acceptors (Lipinski definition) is 6. The van der Waals surface area contributed by atoms with Crippen molar-refractivity contribution < 1.29 is 14.4 Å². The summed E-state index contributed by atoms with van der Waals surface area (Å²) < 4.78 is 2.26. The lowest BCUT2D eigenvalue weighted by Gasteiger charge is -2.16. The predicted octanol–water partition coefficient (Wildman–Crippen LogP) is 4.30. The van der Waals surface area contributed by atoms with Crippen molar-refractivity contribution in [2.45, 2.75) is 58.4 Å². The number of amides is 3. The molecular formula is C32H36N6O3. The van der Waals surface area contributed by atoms with Crippen molar-refractivity contribution in [3.8, 4) is 0 Å². The van der Waals surface area contributed by atoms with Crippen LogP contribution in [0.15, 0.2) is 60.7 Å². The van der Waals surface area contributed by atoms with Crippen molar-refractivity contribution >= 4 is 45.5 Å². The van der Waals surface area contributed by atoms with E-state index in [1.54, 1.807) is 0 Å². The van der Waals surface area contributed by atoms with Gasteiger partial charge in [0.25, 0.3) is 11.8 Å². The first-order valence-electron chi connectivity index (χ1n) is 14.3. The monoisotopic (exact) mass is 552 g/mol. The Kier molecular flexibility index (Phi) is 8.42. The molecule has 0 saturated carbocycles. The number of fused-ring (bicyclic) bond motifs is 3. The van der Waals surface area contributed by atoms with E-state index in [1.807, 2.05) is 18.2 Å². The number of nitrogen functional groups attached to an aromatic ring is 1. The van der Waals surface area contributed by atoms with Gasteiger partial charge in [-0.2, -0.15) is 0 Å². The Morgan fingerprint density at radius 3 is 2.34 bits per heavy atom. The molecule has 3 amide bonds. The van der Waals surface area contributed by atoms with Crippen LogP contribution in [0, 0.1) is 5.92 Å². The van der Waals surface area contributed by atoms with Gasteiger partial charge in [-0.25, -0.2) is 9.97 Å². The number of primary amides is 1. The van der Waals surface area contributed by atoms with Crippen LogP contribution in [0.2, 0.25) is 0 Å². The lowest BCUT2D eigenvalue weighted by atomic mass is 9.93. The van der Waals surface area contributed by atoms with E-state index in [9.17, 15) is 14.4 Å². The number of pyridine rings is 1. The number of nitrogens with two attached hydrogens (primary N) is 2. The van der Waals surface area contributed by atoms with Crippen LogP contribution in [-0.4, -0.2) is 43.7 Å². The van der Waals surface area contributed by atoms with Gasteiger partial charge >= 0.3 is 0 Å². The molecule has 41 heavy (non-hydrogen) atoms. The molecule has 4 aromatic rings. The molecule has 2 aromatic heterocycles. The Hall–Kier alpha value is -4.53. The second-order valence-electron chi connectivity index (χ2n) is 10.7. The normalized spacial score (nSPS) is 14.0. The molecule has 1 atom stereocenters. The van der Waals surface area contributed by atoms with E-state index >= 15 is 0 Å². The average molecular weight is 553 g/mol. The van der Waals surface area contributed by atoms with Gasteiger partial charge in [-0.1, -0.05) is 62.2 Å². The van der Waals surface area contributed by atoms with Gasteiger partial charge in [0.2, 0.25) is 5.91 Å². The number of carbonyl (C=O) groups is 3. The molecule has 9 nitrogen and oxygen atoms in total. The standard InChI is InChI=1S/C32H36N6O3/c1-2-3-11-26-36-29-30(24-9-4-5-10-25(24)35-31(29)33)38(26)20-22-14-12-21(13-15-22)19-23(32(34)41)8-6-7-18-37-27(39)16-17-28(37)40/h4-5,9-10,12-17,23H,2-3,6-8,11,18-20H2,1H3,(H2,33,35)(H2,34,41). The van der Waals surface area contributed by atoms with Gasteiger partial charge < -0.3 is 16.0 Å². The zero-order valence-electron chi connectivity index (χ0n) is 23.4. The van der Waals surface area contributed by atoms with E-state index < -0.39 is 0 Å². The minimum atomic E-state index is -0.340. The maximum absolute atomic E-state index is 12.2. The molecule has 1 aliphatic rings. The van der Waals surface area contributed by atoms with Crippen molar-refractivity contribution in [1.82, 2.24) is 19.4 Å². The lowest BCUT2D eigenvalue weighted by molar-refractivity contribution is -0.137. The van der Waals surface area contributed by atoms with E-state index in [2.05, 4.69) is 46.8 Å². The van der Waals surface area contributed by atoms with Crippen LogP contribution in [0.25, 0.3) is 21.9 Å². The summed E-state index contributed by atoms with van der Waals surface area (Å²) in [5.41, 5.74) is 16.8. The predicted molar refractivity (Wildman–Crippen MR) is 160 cm³/mol. The van der Waals surface area contributed by atoms with E-state index in [4.69, 9.17) is 16.5 Å². The van der Waals surface area contributed by atoms with Crippen LogP contribution in [0.4, 0.5) is 5.82 Å². The average Bonchev–Trinajstić information content (AvgIpc) is 3.49. The smallest absolute Gasteiger partial charge is 0.253 e. The van der Waals surface area contributed by atoms with E-state index in [0.717, 1.165) is 58.2 Å². The number of hydrogen-bond donors (Lipinski definition) is 2. The fourth-order valence-electron chi connectivity index (χ4n) is 5.51. The second kappa shape index (κ2) is 12.3. The van der Waals surface area contributed by atoms with Crippen LogP contribution in [0.1, 0.15) is 56.0 Å². The van der Waals surface area contributed by atoms with Crippen molar-refractivity contribution in [2.75, 3.05) is 12.3 Å². The highest BCUT2D eigenvalue weighted by molar-refractivity contribution is 6.12. The molecular weight excluding hydrogens is 516 g/mol. The minimum Gasteiger partial charge on any atom is -0.382 e. The molecule has 0 spiro atoms. The number of imidazole rings is 1. The Bertz CT molecular complexity index is 1600. The molecule has 0 aliphatic carbocycles. The molecule has 2 aromatic carbocycles. The summed E-state index contributed by atoms with van der Waals surface area (Å²) in [5.74, 6) is 0.222. The van der Waals surface area contributed by atoms with Crippen molar-refractivity contribution in [3.05, 3.63) is 77.6 Å². The third kappa shape index (κ3) is 6.14. The number of rotatable bonds is 13. The third-order valence-electron chi connectivity index (χ3n) is 7.78. The topological polar surface area (TPSA) is 137 Å². The number of nitrogens with zero attached hydrogens (tertiary/aromatic N) is 4. The lowest BCUT2D eigenvalue weighted by Crippen LogP contribution is -2.31. The van der Waals surface area contributed by atoms with Crippen LogP contribution < -0.4 is 11.5 Å². The summed E-state index contributed by atoms with van der Waals surface area (Å²) in [6, 6.07) is 16.3. The first kappa shape index (κ1) is 28.0. The van der Waals surface area contributed by atoms with E-state index in [1.165, 1.54) is 17.1 Å². The summed E-state index contributed by atoms with van der Waals surface area (Å²) in [5, 5.41) is 1.03. The van der Waals surface area contributed by atoms with Gasteiger partial charge in [-0.3, -0.25) is 19.3 Å². The number of aromatic nitrogens is 3. The summed E-state index contributed by atoms with van der Waals surface area (Å²) in [6.07, 6.45) is 8.00. The Labute approximate surface area is 239 Å². The Morgan fingerprint density at radius 2 is 1.63 bits per heavy atom. The van der Waals surface area contributed by atoms with Crippen molar-refractivity contribution in [2.24, 2.45) is 11.7 Å². The summed E-state index contributed by atoms with van der Waals surface area (Å²) >= 11 is 0. The second-order valence-corrected chi connectivity index (χ2v) is 10.7. The van der Waals surface area contributed by atoms with Crippen LogP contribution in [0.3, 0.4) is 0 Å². The molecule has 1 unspecified atom stereocenters. The third-order valence-corrected chi connectivity index (χ3v) is 7.78. The first-order chi connectivity index (χ1) is 19.9. The number of anilines is 1. The summed E-state index contributed by atoms with van der Waals surface area (Å²) in [7, 11) is 0. The van der Waals surface area contributed by atoms with Crippen molar-refractivity contribution in [1.29, 1.82) is 0 Å². The quantitative estimate of drug-likeness (QED) is 0.187. The van der Waals surface area contributed by atoms with Crippen LogP contribution in [0.5, 0.6) is 0 Å². The first-order valence-corrected chi connectivity index (χ1v) is 14.3. The molecule has 0 bridgehead atoms. The molecule has 0 radical (unpaired) electrons. The van der Waals surface area contributed by atoms with Gasteiger partial charge in [0, 0.05) is 43.0 Å². The number of para-hydroxylation sites is 1. The SMILES string of the molecule is CCCCc1nc2c(N)nc3ccccc3c2n1Cc1ccc(CC(CCCCN2C(=O)C=CC2=O)C(N)=O)cc1. The number of imide groups is 1. The zero-order chi connectivity index (χ0) is 28.9. The molecule has 0 fully saturated rings. The number of unbranched alkanes of at least 4 members (excludes halogenated alkanes) is 2. The molecule has 9 heteroatoms. The molecule has 3 heterocycles. The fraction of sp³-hybridized carbons (Fsp3) is 0.344. The number of carbonyl (C=O) groups excluding carboxylic acids is 3.